The summed E-state index contributed by atoms with van der Waals surface area (Å²) in [6, 6.07) is 4.41. The lowest BCUT2D eigenvalue weighted by Crippen LogP contribution is -2.45. The smallest absolute Gasteiger partial charge is 0.179 e. The summed E-state index contributed by atoms with van der Waals surface area (Å²) in [5.41, 5.74) is 1.15. The summed E-state index contributed by atoms with van der Waals surface area (Å²) in [5.74, 6) is 1.33. The van der Waals surface area contributed by atoms with Gasteiger partial charge in [0.15, 0.2) is 11.5 Å². The maximum Gasteiger partial charge on any atom is 0.179 e. The van der Waals surface area contributed by atoms with Gasteiger partial charge in [-0.3, -0.25) is 4.90 Å². The largest absolute Gasteiger partial charge is 0.493 e. The Morgan fingerprint density at radius 2 is 1.80 bits per heavy atom. The Balaban J connectivity index is 0.00000288. The fourth-order valence-electron chi connectivity index (χ4n) is 3.28. The van der Waals surface area contributed by atoms with Crippen LogP contribution in [0.5, 0.6) is 11.5 Å². The van der Waals surface area contributed by atoms with Gasteiger partial charge in [0, 0.05) is 32.2 Å². The fraction of sp³-hybridized carbons (Fsp3) is 0.667. The molecule has 1 aliphatic heterocycles. The van der Waals surface area contributed by atoms with E-state index in [0.717, 1.165) is 38.2 Å². The highest BCUT2D eigenvalue weighted by Crippen LogP contribution is 2.42. The van der Waals surface area contributed by atoms with Crippen molar-refractivity contribution in [3.05, 3.63) is 22.7 Å². The molecular weight excluding hydrogens is 383 g/mol. The van der Waals surface area contributed by atoms with Crippen LogP contribution in [0.25, 0.3) is 0 Å². The zero-order valence-electron chi connectivity index (χ0n) is 15.3. The van der Waals surface area contributed by atoms with Crippen molar-refractivity contribution in [2.45, 2.75) is 38.6 Å². The molecular formula is C18H31Cl3N2O2. The van der Waals surface area contributed by atoms with E-state index in [2.05, 4.69) is 23.2 Å². The highest BCUT2D eigenvalue weighted by atomic mass is 35.5. The normalized spacial score (nSPS) is 15.7. The number of hydrogen-bond acceptors (Lipinski definition) is 4. The van der Waals surface area contributed by atoms with Crippen molar-refractivity contribution in [1.29, 1.82) is 0 Å². The molecule has 7 heteroatoms. The molecule has 1 N–H and O–H groups in total. The van der Waals surface area contributed by atoms with Gasteiger partial charge in [-0.25, -0.2) is 0 Å². The molecule has 1 aliphatic rings. The molecule has 1 saturated heterocycles. The van der Waals surface area contributed by atoms with E-state index in [4.69, 9.17) is 21.1 Å². The average molecular weight is 414 g/mol. The van der Waals surface area contributed by atoms with Crippen LogP contribution in [0, 0.1) is 0 Å². The van der Waals surface area contributed by atoms with Crippen LogP contribution in [0.4, 0.5) is 0 Å². The van der Waals surface area contributed by atoms with Crippen molar-refractivity contribution in [1.82, 2.24) is 10.2 Å². The third-order valence-corrected chi connectivity index (χ3v) is 4.94. The van der Waals surface area contributed by atoms with E-state index in [9.17, 15) is 0 Å². The fourth-order valence-corrected chi connectivity index (χ4v) is 3.64. The van der Waals surface area contributed by atoms with Crippen LogP contribution in [0.2, 0.25) is 5.02 Å². The van der Waals surface area contributed by atoms with E-state index in [-0.39, 0.29) is 24.8 Å². The number of rotatable bonds is 8. The van der Waals surface area contributed by atoms with Gasteiger partial charge in [-0.05, 0) is 18.1 Å². The Morgan fingerprint density at radius 1 is 1.12 bits per heavy atom. The second-order valence-corrected chi connectivity index (χ2v) is 6.38. The summed E-state index contributed by atoms with van der Waals surface area (Å²) >= 11 is 6.67. The molecule has 1 aromatic rings. The first-order valence-electron chi connectivity index (χ1n) is 8.58. The molecule has 0 amide bonds. The third kappa shape index (κ3) is 6.37. The molecule has 0 unspecified atom stereocenters. The molecule has 2 rings (SSSR count). The van der Waals surface area contributed by atoms with Crippen LogP contribution >= 0.6 is 36.4 Å². The topological polar surface area (TPSA) is 33.7 Å². The number of ether oxygens (including phenoxy) is 2. The van der Waals surface area contributed by atoms with Crippen LogP contribution in [-0.2, 0) is 0 Å². The van der Waals surface area contributed by atoms with Gasteiger partial charge in [0.25, 0.3) is 0 Å². The Hall–Kier alpha value is -0.390. The van der Waals surface area contributed by atoms with Gasteiger partial charge in [0.05, 0.1) is 19.2 Å². The number of piperazine rings is 1. The van der Waals surface area contributed by atoms with Crippen LogP contribution in [0.15, 0.2) is 12.1 Å². The monoisotopic (exact) mass is 412 g/mol. The van der Waals surface area contributed by atoms with Gasteiger partial charge in [-0.1, -0.05) is 43.9 Å². The summed E-state index contributed by atoms with van der Waals surface area (Å²) in [5, 5.41) is 4.11. The van der Waals surface area contributed by atoms with Crippen LogP contribution in [0.3, 0.4) is 0 Å². The predicted molar refractivity (Wildman–Crippen MR) is 110 cm³/mol. The maximum atomic E-state index is 6.67. The molecule has 0 aliphatic carbocycles. The first kappa shape index (κ1) is 24.6. The number of benzene rings is 1. The number of hydrogen-bond donors (Lipinski definition) is 1. The highest BCUT2D eigenvalue weighted by molar-refractivity contribution is 6.33. The minimum atomic E-state index is 0. The van der Waals surface area contributed by atoms with Gasteiger partial charge >= 0.3 is 0 Å². The molecule has 1 aromatic carbocycles. The lowest BCUT2D eigenvalue weighted by atomic mass is 9.97. The molecule has 0 bridgehead atoms. The number of halogens is 3. The summed E-state index contributed by atoms with van der Waals surface area (Å²) < 4.78 is 10.8. The van der Waals surface area contributed by atoms with Gasteiger partial charge in [-0.15, -0.1) is 24.8 Å². The standard InChI is InChI=1S/C18H29ClN2O2.2ClH/c1-4-5-6-7-15(21-12-10-20-11-13-21)14-8-9-16(22-2)18(23-3)17(14)19;;/h8-9,15,20H,4-7,10-13H2,1-3H3;2*1H/t15-;;/m1../s1. The molecule has 0 aromatic heterocycles. The second-order valence-electron chi connectivity index (χ2n) is 6.00. The van der Waals surface area contributed by atoms with Crippen LogP contribution in [0.1, 0.15) is 44.2 Å². The molecule has 25 heavy (non-hydrogen) atoms. The van der Waals surface area contributed by atoms with Crippen LogP contribution in [-0.4, -0.2) is 45.3 Å². The molecule has 0 saturated carbocycles. The van der Waals surface area contributed by atoms with E-state index in [0.29, 0.717) is 22.6 Å². The molecule has 0 spiro atoms. The molecule has 1 fully saturated rings. The Labute approximate surface area is 169 Å². The number of nitrogens with one attached hydrogen (secondary N) is 1. The number of unbranched alkanes of at least 4 members (excludes halogenated alkanes) is 2. The highest BCUT2D eigenvalue weighted by Gasteiger charge is 2.26. The van der Waals surface area contributed by atoms with E-state index in [1.165, 1.54) is 19.3 Å². The number of methoxy groups -OCH3 is 2. The first-order valence-corrected chi connectivity index (χ1v) is 8.95. The van der Waals surface area contributed by atoms with E-state index < -0.39 is 0 Å². The lowest BCUT2D eigenvalue weighted by molar-refractivity contribution is 0.162. The van der Waals surface area contributed by atoms with Crippen molar-refractivity contribution < 1.29 is 9.47 Å². The van der Waals surface area contributed by atoms with Crippen LogP contribution < -0.4 is 14.8 Å². The van der Waals surface area contributed by atoms with Gasteiger partial charge in [0.1, 0.15) is 0 Å². The Bertz CT molecular complexity index is 497. The number of nitrogens with zero attached hydrogens (tertiary/aromatic N) is 1. The molecule has 146 valence electrons. The average Bonchev–Trinajstić information content (AvgIpc) is 2.60. The van der Waals surface area contributed by atoms with Crippen molar-refractivity contribution in [2.24, 2.45) is 0 Å². The van der Waals surface area contributed by atoms with E-state index >= 15 is 0 Å². The van der Waals surface area contributed by atoms with Gasteiger partial charge in [0.2, 0.25) is 0 Å². The molecule has 1 atom stereocenters. The van der Waals surface area contributed by atoms with Crippen molar-refractivity contribution in [3.63, 3.8) is 0 Å². The summed E-state index contributed by atoms with van der Waals surface area (Å²) in [6.07, 6.45) is 4.83. The maximum absolute atomic E-state index is 6.67. The van der Waals surface area contributed by atoms with E-state index in [1.807, 2.05) is 6.07 Å². The molecule has 0 radical (unpaired) electrons. The van der Waals surface area contributed by atoms with Crippen molar-refractivity contribution in [2.75, 3.05) is 40.4 Å². The quantitative estimate of drug-likeness (QED) is 0.625. The molecule has 1 heterocycles. The Kier molecular flexibility index (Phi) is 12.7. The third-order valence-electron chi connectivity index (χ3n) is 4.55. The summed E-state index contributed by atoms with van der Waals surface area (Å²) in [4.78, 5) is 2.54. The second kappa shape index (κ2) is 12.9. The Morgan fingerprint density at radius 3 is 2.36 bits per heavy atom. The SMILES string of the molecule is CCCCC[C@H](c1ccc(OC)c(OC)c1Cl)N1CCNCC1.Cl.Cl. The molecule has 4 nitrogen and oxygen atoms in total. The zero-order valence-corrected chi connectivity index (χ0v) is 17.7. The minimum Gasteiger partial charge on any atom is -0.493 e. The van der Waals surface area contributed by atoms with Gasteiger partial charge in [-0.2, -0.15) is 0 Å². The minimum absolute atomic E-state index is 0. The summed E-state index contributed by atoms with van der Waals surface area (Å²) in [6.45, 7) is 6.43. The van der Waals surface area contributed by atoms with Crippen molar-refractivity contribution in [3.8, 4) is 11.5 Å². The predicted octanol–water partition coefficient (Wildman–Crippen LogP) is 4.73. The van der Waals surface area contributed by atoms with Gasteiger partial charge < -0.3 is 14.8 Å². The van der Waals surface area contributed by atoms with E-state index in [1.54, 1.807) is 14.2 Å². The van der Waals surface area contributed by atoms with Crippen molar-refractivity contribution >= 4 is 36.4 Å². The lowest BCUT2D eigenvalue weighted by Gasteiger charge is -2.36. The zero-order chi connectivity index (χ0) is 16.7. The summed E-state index contributed by atoms with van der Waals surface area (Å²) in [7, 11) is 3.29. The first-order chi connectivity index (χ1) is 11.2.